The molecule has 18 nitrogen and oxygen atoms in total. The second-order valence-electron chi connectivity index (χ2n) is 9.79. The van der Waals surface area contributed by atoms with Crippen molar-refractivity contribution in [1.82, 2.24) is 19.1 Å². The number of aryl methyl sites for hydroxylation is 1. The van der Waals surface area contributed by atoms with Gasteiger partial charge in [-0.1, -0.05) is 0 Å². The zero-order valence-electron chi connectivity index (χ0n) is 22.5. The van der Waals surface area contributed by atoms with Gasteiger partial charge in [0.1, 0.15) is 36.6 Å². The molecule has 2 aromatic rings. The Labute approximate surface area is 236 Å². The number of fused-ring (bicyclic) bond motifs is 5. The van der Waals surface area contributed by atoms with E-state index in [9.17, 15) is 34.0 Å². The van der Waals surface area contributed by atoms with E-state index in [4.69, 9.17) is 32.5 Å². The first-order valence-corrected chi connectivity index (χ1v) is 14.4. The van der Waals surface area contributed by atoms with Gasteiger partial charge in [-0.15, -0.1) is 0 Å². The third-order valence-electron chi connectivity index (χ3n) is 7.25. The number of H-pyrrole nitrogens is 2. The molecule has 3 aliphatic heterocycles. The number of aliphatic hydroxyl groups is 2. The molecule has 3 aliphatic rings. The molecule has 232 valence electrons. The number of phosphoric acid groups is 1. The molecule has 19 heteroatoms. The zero-order valence-corrected chi connectivity index (χ0v) is 23.4. The van der Waals surface area contributed by atoms with Crippen LogP contribution >= 0.6 is 7.82 Å². The normalized spacial score (nSPS) is 35.3. The van der Waals surface area contributed by atoms with Crippen LogP contribution in [0.1, 0.15) is 24.4 Å². The summed E-state index contributed by atoms with van der Waals surface area (Å²) in [6.07, 6.45) is -6.86. The molecule has 0 amide bonds. The molecule has 5 heterocycles. The Hall–Kier alpha value is -2.77. The molecule has 0 spiro atoms. The van der Waals surface area contributed by atoms with Gasteiger partial charge in [-0.05, 0) is 12.8 Å². The molecule has 4 bridgehead atoms. The van der Waals surface area contributed by atoms with Crippen LogP contribution in [0.4, 0.5) is 0 Å². The van der Waals surface area contributed by atoms with Crippen LogP contribution in [-0.2, 0) is 43.5 Å². The molecule has 0 aromatic carbocycles. The molecule has 0 saturated carbocycles. The van der Waals surface area contributed by atoms with Gasteiger partial charge in [0, 0.05) is 38.2 Å². The minimum absolute atomic E-state index is 0.0929. The number of hydrogen-bond acceptors (Lipinski definition) is 14. The highest BCUT2D eigenvalue weighted by molar-refractivity contribution is 7.48. The SMILES string of the molecule is CO[C@@H]1[C@H](O)[C@H]2CO[P@](=O)(O[C@H]3[C@@H](OC)[C@H](n4ccc(=O)[nH]c4=O)O[C@@H]3CO)OCCCc3cn(c(=O)[nH]c3=O)[C@@H]1O2. The topological polar surface area (TPSA) is 232 Å². The third-order valence-corrected chi connectivity index (χ3v) is 8.72. The number of nitrogens with zero attached hydrogens (tertiary/aromatic N) is 2. The summed E-state index contributed by atoms with van der Waals surface area (Å²) >= 11 is 0. The fourth-order valence-electron chi connectivity index (χ4n) is 5.16. The van der Waals surface area contributed by atoms with E-state index in [0.29, 0.717) is 0 Å². The van der Waals surface area contributed by atoms with E-state index in [0.717, 1.165) is 15.2 Å². The summed E-state index contributed by atoms with van der Waals surface area (Å²) in [5, 5.41) is 20.9. The van der Waals surface area contributed by atoms with Crippen LogP contribution in [0, 0.1) is 0 Å². The quantitative estimate of drug-likeness (QED) is 0.250. The number of methoxy groups -OCH3 is 2. The summed E-state index contributed by atoms with van der Waals surface area (Å²) in [4.78, 5) is 53.3. The summed E-state index contributed by atoms with van der Waals surface area (Å²) in [5.74, 6) is 0. The molecule has 2 fully saturated rings. The van der Waals surface area contributed by atoms with Gasteiger partial charge in [0.2, 0.25) is 0 Å². The van der Waals surface area contributed by atoms with Crippen LogP contribution in [0.25, 0.3) is 0 Å². The largest absolute Gasteiger partial charge is 0.475 e. The summed E-state index contributed by atoms with van der Waals surface area (Å²) in [6.45, 7) is -1.42. The number of rotatable bonds is 6. The van der Waals surface area contributed by atoms with Crippen molar-refractivity contribution in [3.8, 4) is 0 Å². The molecule has 2 aromatic heterocycles. The number of ether oxygens (including phenoxy) is 4. The van der Waals surface area contributed by atoms with Gasteiger partial charge in [-0.2, -0.15) is 0 Å². The number of hydrogen-bond donors (Lipinski definition) is 4. The number of aromatic nitrogens is 4. The van der Waals surface area contributed by atoms with Crippen LogP contribution in [0.5, 0.6) is 0 Å². The molecule has 2 saturated heterocycles. The fourth-order valence-corrected chi connectivity index (χ4v) is 6.60. The Kier molecular flexibility index (Phi) is 9.10. The van der Waals surface area contributed by atoms with Crippen molar-refractivity contribution >= 4 is 7.82 Å². The third kappa shape index (κ3) is 5.87. The Morgan fingerprint density at radius 1 is 1.00 bits per heavy atom. The van der Waals surface area contributed by atoms with Gasteiger partial charge in [0.25, 0.3) is 11.1 Å². The van der Waals surface area contributed by atoms with Crippen molar-refractivity contribution in [3.63, 3.8) is 0 Å². The number of aromatic amines is 2. The van der Waals surface area contributed by atoms with Crippen molar-refractivity contribution in [2.45, 2.75) is 61.9 Å². The molecule has 9 atom stereocenters. The van der Waals surface area contributed by atoms with Gasteiger partial charge in [0.15, 0.2) is 12.5 Å². The smallest absolute Gasteiger partial charge is 0.394 e. The molecular formula is C23H31N4O14P. The highest BCUT2D eigenvalue weighted by Gasteiger charge is 2.52. The van der Waals surface area contributed by atoms with Crippen LogP contribution in [0.3, 0.4) is 0 Å². The van der Waals surface area contributed by atoms with E-state index >= 15 is 0 Å². The summed E-state index contributed by atoms with van der Waals surface area (Å²) in [7, 11) is -1.98. The first-order chi connectivity index (χ1) is 20.1. The Bertz CT molecular complexity index is 1550. The average molecular weight is 618 g/mol. The van der Waals surface area contributed by atoms with Crippen LogP contribution in [0.2, 0.25) is 0 Å². The van der Waals surface area contributed by atoms with Crippen molar-refractivity contribution in [3.05, 3.63) is 65.7 Å². The zero-order chi connectivity index (χ0) is 30.2. The fraction of sp³-hybridized carbons (Fsp3) is 0.652. The van der Waals surface area contributed by atoms with Gasteiger partial charge in [-0.25, -0.2) is 14.2 Å². The standard InChI is InChI=1S/C23H31N4O14P/c1-35-17-15(30)13-10-38-42(34,37-7-3-4-11-8-27(20(17)40-13)23(33)25-19(11)31)41-16-12(9-28)39-21(18(16)36-2)26-6-5-14(29)24-22(26)32/h5-6,8,12-13,15-18,20-21,28,30H,3-4,7,9-10H2,1-2H3,(H,24,29,32)(H,25,31,33)/t12-,13-,15-,16-,17-,18-,20-,21-,42-/m1/s1. The predicted molar refractivity (Wildman–Crippen MR) is 138 cm³/mol. The Morgan fingerprint density at radius 2 is 1.71 bits per heavy atom. The second-order valence-corrected chi connectivity index (χ2v) is 11.4. The second kappa shape index (κ2) is 12.5. The minimum Gasteiger partial charge on any atom is -0.394 e. The van der Waals surface area contributed by atoms with Gasteiger partial charge in [0.05, 0.1) is 19.8 Å². The van der Waals surface area contributed by atoms with Crippen LogP contribution in [0.15, 0.2) is 37.6 Å². The molecule has 0 radical (unpaired) electrons. The maximum atomic E-state index is 14.0. The van der Waals surface area contributed by atoms with E-state index < -0.39 is 92.6 Å². The Balaban J connectivity index is 1.43. The molecule has 0 aliphatic carbocycles. The molecule has 42 heavy (non-hydrogen) atoms. The predicted octanol–water partition coefficient (Wildman–Crippen LogP) is -2.26. The van der Waals surface area contributed by atoms with Gasteiger partial charge in [-0.3, -0.25) is 42.3 Å². The minimum atomic E-state index is -4.56. The summed E-state index contributed by atoms with van der Waals surface area (Å²) in [5.41, 5.74) is -2.67. The van der Waals surface area contributed by atoms with Crippen molar-refractivity contribution in [2.75, 3.05) is 34.0 Å². The van der Waals surface area contributed by atoms with Crippen LogP contribution < -0.4 is 22.5 Å². The lowest BCUT2D eigenvalue weighted by Crippen LogP contribution is -2.40. The summed E-state index contributed by atoms with van der Waals surface area (Å²) < 4.78 is 55.5. The number of aliphatic hydroxyl groups excluding tert-OH is 2. The molecule has 5 rings (SSSR count). The molecule has 4 N–H and O–H groups in total. The van der Waals surface area contributed by atoms with E-state index in [1.54, 1.807) is 0 Å². The number of nitrogens with one attached hydrogen (secondary N) is 2. The highest BCUT2D eigenvalue weighted by atomic mass is 31.2. The van der Waals surface area contributed by atoms with E-state index in [1.165, 1.54) is 26.6 Å². The van der Waals surface area contributed by atoms with Crippen molar-refractivity contribution in [1.29, 1.82) is 0 Å². The first kappa shape index (κ1) is 30.7. The van der Waals surface area contributed by atoms with Gasteiger partial charge < -0.3 is 29.2 Å². The first-order valence-electron chi connectivity index (χ1n) is 13.0. The maximum absolute atomic E-state index is 14.0. The van der Waals surface area contributed by atoms with Crippen molar-refractivity contribution in [2.24, 2.45) is 0 Å². The molecular weight excluding hydrogens is 587 g/mol. The highest BCUT2D eigenvalue weighted by Crippen LogP contribution is 2.54. The lowest BCUT2D eigenvalue weighted by Gasteiger charge is -2.27. The van der Waals surface area contributed by atoms with Gasteiger partial charge >= 0.3 is 19.2 Å². The van der Waals surface area contributed by atoms with Crippen molar-refractivity contribution < 1.29 is 47.3 Å². The average Bonchev–Trinajstić information content (AvgIpc) is 3.46. The lowest BCUT2D eigenvalue weighted by molar-refractivity contribution is -0.0676. The maximum Gasteiger partial charge on any atom is 0.475 e. The van der Waals surface area contributed by atoms with E-state index in [2.05, 4.69) is 9.97 Å². The van der Waals surface area contributed by atoms with E-state index in [1.807, 2.05) is 0 Å². The lowest BCUT2D eigenvalue weighted by atomic mass is 10.1. The summed E-state index contributed by atoms with van der Waals surface area (Å²) in [6, 6.07) is 1.09. The monoisotopic (exact) mass is 618 g/mol. The number of phosphoric ester groups is 1. The van der Waals surface area contributed by atoms with Crippen LogP contribution in [-0.4, -0.2) is 100.0 Å². The Morgan fingerprint density at radius 3 is 2.40 bits per heavy atom. The molecule has 0 unspecified atom stereocenters. The van der Waals surface area contributed by atoms with E-state index in [-0.39, 0.29) is 25.0 Å².